The second kappa shape index (κ2) is 6.01. The molecule has 0 bridgehead atoms. The maximum absolute atomic E-state index is 13.9. The molecule has 1 N–H and O–H groups in total. The first-order chi connectivity index (χ1) is 10.5. The summed E-state index contributed by atoms with van der Waals surface area (Å²) in [6.45, 7) is 0. The quantitative estimate of drug-likeness (QED) is 0.810. The Kier molecular flexibility index (Phi) is 4.59. The first kappa shape index (κ1) is 17.6. The van der Waals surface area contributed by atoms with Crippen molar-refractivity contribution < 1.29 is 26.0 Å². The summed E-state index contributed by atoms with van der Waals surface area (Å²) in [6, 6.07) is 6.22. The van der Waals surface area contributed by atoms with Crippen LogP contribution in [-0.2, 0) is 16.2 Å². The number of nitrogens with one attached hydrogen (secondary N) is 1. The molecule has 0 fully saturated rings. The van der Waals surface area contributed by atoms with Gasteiger partial charge in [0.2, 0.25) is 10.0 Å². The summed E-state index contributed by atoms with van der Waals surface area (Å²) in [7, 11) is -3.65. The van der Waals surface area contributed by atoms with Gasteiger partial charge in [0.25, 0.3) is 0 Å². The second-order valence-corrected chi connectivity index (χ2v) is 6.92. The number of anilines is 1. The van der Waals surface area contributed by atoms with Gasteiger partial charge in [-0.15, -0.1) is 0 Å². The minimum atomic E-state index is -4.53. The number of hydrogen-bond donors (Lipinski definition) is 1. The topological polar surface area (TPSA) is 46.2 Å². The van der Waals surface area contributed by atoms with Crippen LogP contribution in [0.1, 0.15) is 5.56 Å². The van der Waals surface area contributed by atoms with Gasteiger partial charge < -0.3 is 0 Å². The minimum Gasteiger partial charge on any atom is -0.281 e. The molecule has 0 aliphatic heterocycles. The molecule has 3 nitrogen and oxygen atoms in total. The molecule has 2 aromatic rings. The van der Waals surface area contributed by atoms with E-state index in [4.69, 9.17) is 11.6 Å². The molecular formula is C14H10ClF4NO2S. The van der Waals surface area contributed by atoms with Crippen LogP contribution in [0.15, 0.2) is 36.4 Å². The molecule has 0 heterocycles. The summed E-state index contributed by atoms with van der Waals surface area (Å²) in [5.74, 6) is -0.871. The van der Waals surface area contributed by atoms with Crippen molar-refractivity contribution >= 4 is 27.3 Å². The molecule has 0 spiro atoms. The third-order valence-electron chi connectivity index (χ3n) is 2.87. The van der Waals surface area contributed by atoms with Crippen LogP contribution in [0.4, 0.5) is 23.2 Å². The maximum Gasteiger partial charge on any atom is 0.416 e. The Labute approximate surface area is 134 Å². The van der Waals surface area contributed by atoms with Crippen molar-refractivity contribution in [1.29, 1.82) is 0 Å². The SMILES string of the molecule is CS(=O)(=O)Nc1ccc(-c2ccc(C(F)(F)F)cc2Cl)cc1F. The fourth-order valence-electron chi connectivity index (χ4n) is 1.89. The number of halogens is 5. The molecule has 0 aromatic heterocycles. The molecule has 9 heteroatoms. The second-order valence-electron chi connectivity index (χ2n) is 4.76. The average molecular weight is 368 g/mol. The highest BCUT2D eigenvalue weighted by molar-refractivity contribution is 7.92. The zero-order chi connectivity index (χ0) is 17.4. The Bertz CT molecular complexity index is 850. The van der Waals surface area contributed by atoms with Crippen molar-refractivity contribution in [2.45, 2.75) is 6.18 Å². The molecule has 23 heavy (non-hydrogen) atoms. The van der Waals surface area contributed by atoms with Crippen molar-refractivity contribution in [1.82, 2.24) is 0 Å². The molecule has 2 aromatic carbocycles. The van der Waals surface area contributed by atoms with Crippen molar-refractivity contribution in [3.8, 4) is 11.1 Å². The molecule has 0 amide bonds. The van der Waals surface area contributed by atoms with Gasteiger partial charge in [-0.2, -0.15) is 13.2 Å². The largest absolute Gasteiger partial charge is 0.416 e. The average Bonchev–Trinajstić information content (AvgIpc) is 2.38. The highest BCUT2D eigenvalue weighted by atomic mass is 35.5. The van der Waals surface area contributed by atoms with Gasteiger partial charge >= 0.3 is 6.18 Å². The molecular weight excluding hydrogens is 358 g/mol. The van der Waals surface area contributed by atoms with E-state index in [1.165, 1.54) is 12.1 Å². The highest BCUT2D eigenvalue weighted by Gasteiger charge is 2.31. The minimum absolute atomic E-state index is 0.192. The van der Waals surface area contributed by atoms with Gasteiger partial charge in [0.05, 0.1) is 17.5 Å². The van der Waals surface area contributed by atoms with Gasteiger partial charge in [-0.1, -0.05) is 23.7 Å². The van der Waals surface area contributed by atoms with E-state index in [1.807, 2.05) is 4.72 Å². The summed E-state index contributed by atoms with van der Waals surface area (Å²) in [4.78, 5) is 0. The summed E-state index contributed by atoms with van der Waals surface area (Å²) in [5, 5.41) is -0.192. The van der Waals surface area contributed by atoms with Crippen molar-refractivity contribution in [3.05, 3.63) is 52.8 Å². The van der Waals surface area contributed by atoms with Crippen LogP contribution in [0, 0.1) is 5.82 Å². The zero-order valence-electron chi connectivity index (χ0n) is 11.6. The Balaban J connectivity index is 2.42. The van der Waals surface area contributed by atoms with E-state index in [0.717, 1.165) is 30.5 Å². The van der Waals surface area contributed by atoms with Gasteiger partial charge in [-0.25, -0.2) is 12.8 Å². The van der Waals surface area contributed by atoms with Crippen molar-refractivity contribution in [2.24, 2.45) is 0 Å². The van der Waals surface area contributed by atoms with Crippen LogP contribution in [0.2, 0.25) is 5.02 Å². The Morgan fingerprint density at radius 3 is 2.22 bits per heavy atom. The summed E-state index contributed by atoms with van der Waals surface area (Å²) < 4.78 is 75.9. The van der Waals surface area contributed by atoms with Crippen molar-refractivity contribution in [2.75, 3.05) is 11.0 Å². The molecule has 0 atom stereocenters. The van der Waals surface area contributed by atoms with Gasteiger partial charge in [0, 0.05) is 10.6 Å². The molecule has 0 saturated heterocycles. The van der Waals surface area contributed by atoms with Gasteiger partial charge in [-0.05, 0) is 29.8 Å². The maximum atomic E-state index is 13.9. The van der Waals surface area contributed by atoms with E-state index >= 15 is 0 Å². The van der Waals surface area contributed by atoms with Crippen molar-refractivity contribution in [3.63, 3.8) is 0 Å². The molecule has 2 rings (SSSR count). The third-order valence-corrected chi connectivity index (χ3v) is 3.78. The summed E-state index contributed by atoms with van der Waals surface area (Å²) in [5.41, 5.74) is -0.758. The van der Waals surface area contributed by atoms with Crippen LogP contribution in [-0.4, -0.2) is 14.7 Å². The zero-order valence-corrected chi connectivity index (χ0v) is 13.2. The fourth-order valence-corrected chi connectivity index (χ4v) is 2.75. The Morgan fingerprint density at radius 1 is 1.09 bits per heavy atom. The standard InChI is InChI=1S/C14H10ClF4NO2S/c1-23(21,22)20-13-5-2-8(6-12(13)16)10-4-3-9(7-11(10)15)14(17,18)19/h2-7,20H,1H3. The lowest BCUT2D eigenvalue weighted by Crippen LogP contribution is -2.10. The normalized spacial score (nSPS) is 12.3. The highest BCUT2D eigenvalue weighted by Crippen LogP contribution is 2.36. The lowest BCUT2D eigenvalue weighted by atomic mass is 10.0. The molecule has 0 unspecified atom stereocenters. The van der Waals surface area contributed by atoms with Gasteiger partial charge in [0.1, 0.15) is 5.82 Å². The van der Waals surface area contributed by atoms with Crippen LogP contribution >= 0.6 is 11.6 Å². The van der Waals surface area contributed by atoms with Crippen LogP contribution < -0.4 is 4.72 Å². The lowest BCUT2D eigenvalue weighted by molar-refractivity contribution is -0.137. The van der Waals surface area contributed by atoms with Gasteiger partial charge in [0.15, 0.2) is 0 Å². The number of benzene rings is 2. The van der Waals surface area contributed by atoms with E-state index in [0.29, 0.717) is 0 Å². The molecule has 0 radical (unpaired) electrons. The Morgan fingerprint density at radius 2 is 1.74 bits per heavy atom. The number of hydrogen-bond acceptors (Lipinski definition) is 2. The van der Waals surface area contributed by atoms with E-state index < -0.39 is 27.6 Å². The van der Waals surface area contributed by atoms with Crippen LogP contribution in [0.3, 0.4) is 0 Å². The van der Waals surface area contributed by atoms with E-state index in [9.17, 15) is 26.0 Å². The van der Waals surface area contributed by atoms with Crippen LogP contribution in [0.5, 0.6) is 0 Å². The lowest BCUT2D eigenvalue weighted by Gasteiger charge is -2.11. The third kappa shape index (κ3) is 4.35. The fraction of sp³-hybridized carbons (Fsp3) is 0.143. The summed E-state index contributed by atoms with van der Waals surface area (Å²) in [6.07, 6.45) is -3.66. The van der Waals surface area contributed by atoms with E-state index in [2.05, 4.69) is 0 Å². The first-order valence-corrected chi connectivity index (χ1v) is 8.39. The van der Waals surface area contributed by atoms with Crippen LogP contribution in [0.25, 0.3) is 11.1 Å². The molecule has 124 valence electrons. The monoisotopic (exact) mass is 367 g/mol. The number of alkyl halides is 3. The number of rotatable bonds is 3. The summed E-state index contributed by atoms with van der Waals surface area (Å²) >= 11 is 5.83. The van der Waals surface area contributed by atoms with Gasteiger partial charge in [-0.3, -0.25) is 4.72 Å². The first-order valence-electron chi connectivity index (χ1n) is 6.12. The molecule has 0 aliphatic rings. The molecule has 0 saturated carbocycles. The smallest absolute Gasteiger partial charge is 0.281 e. The predicted molar refractivity (Wildman–Crippen MR) is 80.3 cm³/mol. The Hall–Kier alpha value is -1.80. The predicted octanol–water partition coefficient (Wildman–Crippen LogP) is 4.54. The van der Waals surface area contributed by atoms with E-state index in [1.54, 1.807) is 0 Å². The number of sulfonamides is 1. The molecule has 0 aliphatic carbocycles. The van der Waals surface area contributed by atoms with E-state index in [-0.39, 0.29) is 21.8 Å².